The summed E-state index contributed by atoms with van der Waals surface area (Å²) >= 11 is 0. The summed E-state index contributed by atoms with van der Waals surface area (Å²) in [5, 5.41) is 6.25. The van der Waals surface area contributed by atoms with Crippen molar-refractivity contribution in [2.75, 3.05) is 19.6 Å². The van der Waals surface area contributed by atoms with Crippen molar-refractivity contribution in [3.05, 3.63) is 60.4 Å². The fourth-order valence-electron chi connectivity index (χ4n) is 3.17. The van der Waals surface area contributed by atoms with E-state index in [0.717, 1.165) is 42.2 Å². The average molecular weight is 371 g/mol. The predicted octanol–water partition coefficient (Wildman–Crippen LogP) is 2.72. The molecule has 0 spiro atoms. The summed E-state index contributed by atoms with van der Waals surface area (Å²) in [5.74, 6) is 1.60. The van der Waals surface area contributed by atoms with Crippen LogP contribution in [0, 0.1) is 5.92 Å². The van der Waals surface area contributed by atoms with Crippen LogP contribution in [0.25, 0.3) is 16.7 Å². The maximum absolute atomic E-state index is 12.2. The van der Waals surface area contributed by atoms with Gasteiger partial charge in [0.15, 0.2) is 0 Å². The van der Waals surface area contributed by atoms with Crippen LogP contribution >= 0.6 is 12.4 Å². The second kappa shape index (κ2) is 8.34. The van der Waals surface area contributed by atoms with E-state index < -0.39 is 0 Å². The molecule has 3 aromatic rings. The van der Waals surface area contributed by atoms with E-state index >= 15 is 0 Å². The van der Waals surface area contributed by atoms with Gasteiger partial charge in [0.25, 0.3) is 0 Å². The maximum Gasteiger partial charge on any atom is 0.220 e. The highest BCUT2D eigenvalue weighted by Crippen LogP contribution is 2.22. The van der Waals surface area contributed by atoms with Gasteiger partial charge < -0.3 is 10.6 Å². The number of imidazole rings is 1. The van der Waals surface area contributed by atoms with Gasteiger partial charge in [0, 0.05) is 44.1 Å². The van der Waals surface area contributed by atoms with Crippen molar-refractivity contribution >= 4 is 29.3 Å². The zero-order valence-corrected chi connectivity index (χ0v) is 15.3. The fourth-order valence-corrected chi connectivity index (χ4v) is 3.17. The third kappa shape index (κ3) is 3.89. The number of carbonyl (C=O) groups is 1. The summed E-state index contributed by atoms with van der Waals surface area (Å²) in [4.78, 5) is 16.9. The molecule has 0 saturated carbocycles. The zero-order chi connectivity index (χ0) is 17.1. The Bertz CT molecular complexity index is 874. The minimum absolute atomic E-state index is 0. The van der Waals surface area contributed by atoms with Crippen LogP contribution in [-0.4, -0.2) is 35.1 Å². The molecule has 6 heteroatoms. The first-order valence-electron chi connectivity index (χ1n) is 8.80. The molecule has 1 fully saturated rings. The van der Waals surface area contributed by atoms with Gasteiger partial charge in [-0.05, 0) is 24.3 Å². The molecule has 0 unspecified atom stereocenters. The molecule has 1 amide bonds. The summed E-state index contributed by atoms with van der Waals surface area (Å²) in [7, 11) is 0. The van der Waals surface area contributed by atoms with E-state index in [0.29, 0.717) is 18.8 Å². The summed E-state index contributed by atoms with van der Waals surface area (Å²) in [5.41, 5.74) is 3.11. The Labute approximate surface area is 159 Å². The third-order valence-corrected chi connectivity index (χ3v) is 4.67. The highest BCUT2D eigenvalue weighted by atomic mass is 35.5. The molecule has 5 nitrogen and oxygen atoms in total. The molecule has 2 aromatic carbocycles. The number of fused-ring (bicyclic) bond motifs is 1. The molecule has 2 heterocycles. The Balaban J connectivity index is 0.00000196. The molecule has 0 bridgehead atoms. The molecule has 4 rings (SSSR count). The summed E-state index contributed by atoms with van der Waals surface area (Å²) in [6.45, 7) is 2.77. The van der Waals surface area contributed by atoms with Crippen molar-refractivity contribution in [1.82, 2.24) is 20.2 Å². The topological polar surface area (TPSA) is 59.0 Å². The molecule has 0 radical (unpaired) electrons. The van der Waals surface area contributed by atoms with Crippen LogP contribution in [-0.2, 0) is 11.2 Å². The fraction of sp³-hybridized carbons (Fsp3) is 0.300. The van der Waals surface area contributed by atoms with Gasteiger partial charge in [-0.2, -0.15) is 0 Å². The number of halogens is 1. The van der Waals surface area contributed by atoms with Crippen molar-refractivity contribution in [3.8, 4) is 5.69 Å². The van der Waals surface area contributed by atoms with Crippen molar-refractivity contribution < 1.29 is 4.79 Å². The van der Waals surface area contributed by atoms with Crippen LogP contribution in [0.2, 0.25) is 0 Å². The molecule has 26 heavy (non-hydrogen) atoms. The first-order valence-corrected chi connectivity index (χ1v) is 8.80. The van der Waals surface area contributed by atoms with Crippen LogP contribution in [0.4, 0.5) is 0 Å². The molecule has 1 aromatic heterocycles. The van der Waals surface area contributed by atoms with Crippen molar-refractivity contribution in [1.29, 1.82) is 0 Å². The van der Waals surface area contributed by atoms with Gasteiger partial charge >= 0.3 is 0 Å². The Hall–Kier alpha value is -2.37. The molecule has 1 aliphatic rings. The number of aryl methyl sites for hydroxylation is 1. The molecule has 136 valence electrons. The quantitative estimate of drug-likeness (QED) is 0.701. The third-order valence-electron chi connectivity index (χ3n) is 4.67. The largest absolute Gasteiger partial charge is 0.356 e. The first-order chi connectivity index (χ1) is 12.3. The molecular weight excluding hydrogens is 348 g/mol. The van der Waals surface area contributed by atoms with Gasteiger partial charge in [-0.3, -0.25) is 9.36 Å². The minimum Gasteiger partial charge on any atom is -0.356 e. The second-order valence-electron chi connectivity index (χ2n) is 6.52. The van der Waals surface area contributed by atoms with Crippen molar-refractivity contribution in [2.24, 2.45) is 5.92 Å². The SMILES string of the molecule is Cl.O=C(CCc1nc2ccccc2n1-c1ccccc1)NCC1CNC1. The lowest BCUT2D eigenvalue weighted by Crippen LogP contribution is -2.48. The number of hydrogen-bond acceptors (Lipinski definition) is 3. The number of amides is 1. The van der Waals surface area contributed by atoms with E-state index in [2.05, 4.69) is 33.4 Å². The van der Waals surface area contributed by atoms with Gasteiger partial charge in [0.1, 0.15) is 5.82 Å². The lowest BCUT2D eigenvalue weighted by Gasteiger charge is -2.27. The normalized spacial score (nSPS) is 13.8. The lowest BCUT2D eigenvalue weighted by molar-refractivity contribution is -0.121. The number of nitrogens with one attached hydrogen (secondary N) is 2. The van der Waals surface area contributed by atoms with E-state index in [4.69, 9.17) is 4.98 Å². The van der Waals surface area contributed by atoms with Crippen LogP contribution < -0.4 is 10.6 Å². The monoisotopic (exact) mass is 370 g/mol. The Morgan fingerprint density at radius 3 is 2.58 bits per heavy atom. The number of carbonyl (C=O) groups excluding carboxylic acids is 1. The molecule has 1 saturated heterocycles. The van der Waals surface area contributed by atoms with E-state index in [9.17, 15) is 4.79 Å². The van der Waals surface area contributed by atoms with E-state index in [-0.39, 0.29) is 18.3 Å². The molecule has 1 aliphatic heterocycles. The summed E-state index contributed by atoms with van der Waals surface area (Å²) in [6, 6.07) is 18.3. The first kappa shape index (κ1) is 18.4. The van der Waals surface area contributed by atoms with Crippen LogP contribution in [0.1, 0.15) is 12.2 Å². The lowest BCUT2D eigenvalue weighted by atomic mass is 10.0. The number of benzene rings is 2. The standard InChI is InChI=1S/C20H22N4O.ClH/c25-20(22-14-15-12-21-13-15)11-10-19-23-17-8-4-5-9-18(17)24(19)16-6-2-1-3-7-16;/h1-9,15,21H,10-14H2,(H,22,25);1H. The van der Waals surface area contributed by atoms with Crippen molar-refractivity contribution in [2.45, 2.75) is 12.8 Å². The smallest absolute Gasteiger partial charge is 0.220 e. The Morgan fingerprint density at radius 2 is 1.85 bits per heavy atom. The number of aromatic nitrogens is 2. The van der Waals surface area contributed by atoms with E-state index in [1.807, 2.05) is 36.4 Å². The minimum atomic E-state index is 0. The van der Waals surface area contributed by atoms with Gasteiger partial charge in [-0.1, -0.05) is 30.3 Å². The van der Waals surface area contributed by atoms with Crippen LogP contribution in [0.15, 0.2) is 54.6 Å². The average Bonchev–Trinajstić information content (AvgIpc) is 2.98. The molecule has 0 aliphatic carbocycles. The number of para-hydroxylation sites is 3. The van der Waals surface area contributed by atoms with Gasteiger partial charge in [0.2, 0.25) is 5.91 Å². The molecular formula is C20H23ClN4O. The van der Waals surface area contributed by atoms with Crippen LogP contribution in [0.5, 0.6) is 0 Å². The van der Waals surface area contributed by atoms with E-state index in [1.165, 1.54) is 0 Å². The van der Waals surface area contributed by atoms with Gasteiger partial charge in [-0.25, -0.2) is 4.98 Å². The molecule has 2 N–H and O–H groups in total. The van der Waals surface area contributed by atoms with E-state index in [1.54, 1.807) is 0 Å². The van der Waals surface area contributed by atoms with Gasteiger partial charge in [-0.15, -0.1) is 12.4 Å². The zero-order valence-electron chi connectivity index (χ0n) is 14.5. The van der Waals surface area contributed by atoms with Crippen molar-refractivity contribution in [3.63, 3.8) is 0 Å². The maximum atomic E-state index is 12.2. The Kier molecular flexibility index (Phi) is 5.91. The summed E-state index contributed by atoms with van der Waals surface area (Å²) in [6.07, 6.45) is 1.08. The second-order valence-corrected chi connectivity index (χ2v) is 6.52. The Morgan fingerprint density at radius 1 is 1.12 bits per heavy atom. The highest BCUT2D eigenvalue weighted by molar-refractivity contribution is 5.85. The van der Waals surface area contributed by atoms with Crippen LogP contribution in [0.3, 0.4) is 0 Å². The predicted molar refractivity (Wildman–Crippen MR) is 106 cm³/mol. The highest BCUT2D eigenvalue weighted by Gasteiger charge is 2.18. The number of nitrogens with zero attached hydrogens (tertiary/aromatic N) is 2. The number of hydrogen-bond donors (Lipinski definition) is 2. The summed E-state index contributed by atoms with van der Waals surface area (Å²) < 4.78 is 2.15. The molecule has 0 atom stereocenters. The van der Waals surface area contributed by atoms with Gasteiger partial charge in [0.05, 0.1) is 11.0 Å². The number of rotatable bonds is 6.